The van der Waals surface area contributed by atoms with E-state index in [9.17, 15) is 9.59 Å². The molecule has 1 unspecified atom stereocenters. The molecule has 0 saturated carbocycles. The zero-order valence-corrected chi connectivity index (χ0v) is 21.1. The maximum atomic E-state index is 13.6. The van der Waals surface area contributed by atoms with Gasteiger partial charge in [-0.25, -0.2) is 4.79 Å². The summed E-state index contributed by atoms with van der Waals surface area (Å²) < 4.78 is 21.5. The van der Waals surface area contributed by atoms with Crippen LogP contribution in [0.5, 0.6) is 17.2 Å². The van der Waals surface area contributed by atoms with Gasteiger partial charge in [0.05, 0.1) is 33.5 Å². The highest BCUT2D eigenvalue weighted by Crippen LogP contribution is 2.38. The number of alkyl carbamates (subject to hydrolysis) is 1. The predicted molar refractivity (Wildman–Crippen MR) is 132 cm³/mol. The highest BCUT2D eigenvalue weighted by Gasteiger charge is 2.32. The van der Waals surface area contributed by atoms with E-state index in [1.54, 1.807) is 30.9 Å². The van der Waals surface area contributed by atoms with Crippen LogP contribution in [-0.2, 0) is 11.3 Å². The number of rotatable bonds is 9. The van der Waals surface area contributed by atoms with Crippen molar-refractivity contribution in [3.05, 3.63) is 53.6 Å². The monoisotopic (exact) mass is 485 g/mol. The van der Waals surface area contributed by atoms with Gasteiger partial charge in [0.1, 0.15) is 0 Å². The second kappa shape index (κ2) is 12.3. The minimum absolute atomic E-state index is 0.173. The van der Waals surface area contributed by atoms with Gasteiger partial charge in [-0.15, -0.1) is 0 Å². The lowest BCUT2D eigenvalue weighted by Gasteiger charge is -2.41. The van der Waals surface area contributed by atoms with Crippen LogP contribution in [0.3, 0.4) is 0 Å². The SMILES string of the molecule is COc1cc(C(=O)N2CCN(Cc3ccccc3)CC2CNC(=O)OC(C)C)cc(OC)c1OC. The molecule has 1 aliphatic heterocycles. The smallest absolute Gasteiger partial charge is 0.407 e. The van der Waals surface area contributed by atoms with Crippen molar-refractivity contribution in [1.29, 1.82) is 0 Å². The topological polar surface area (TPSA) is 89.6 Å². The Morgan fingerprint density at radius 3 is 2.23 bits per heavy atom. The second-order valence-corrected chi connectivity index (χ2v) is 8.62. The molecule has 0 aliphatic carbocycles. The normalized spacial score (nSPS) is 16.1. The van der Waals surface area contributed by atoms with Crippen LogP contribution in [0.15, 0.2) is 42.5 Å². The van der Waals surface area contributed by atoms with E-state index in [0.29, 0.717) is 42.4 Å². The Bertz CT molecular complexity index is 973. The minimum Gasteiger partial charge on any atom is -0.493 e. The first-order valence-corrected chi connectivity index (χ1v) is 11.7. The highest BCUT2D eigenvalue weighted by atomic mass is 16.6. The van der Waals surface area contributed by atoms with Crippen molar-refractivity contribution in [2.45, 2.75) is 32.5 Å². The van der Waals surface area contributed by atoms with E-state index in [-0.39, 0.29) is 24.6 Å². The summed E-state index contributed by atoms with van der Waals surface area (Å²) in [5, 5.41) is 2.82. The van der Waals surface area contributed by atoms with Crippen molar-refractivity contribution >= 4 is 12.0 Å². The van der Waals surface area contributed by atoms with Crippen LogP contribution in [0.2, 0.25) is 0 Å². The van der Waals surface area contributed by atoms with E-state index < -0.39 is 6.09 Å². The first kappa shape index (κ1) is 26.2. The molecule has 2 amide bonds. The average molecular weight is 486 g/mol. The molecular weight excluding hydrogens is 450 g/mol. The molecule has 1 fully saturated rings. The lowest BCUT2D eigenvalue weighted by molar-refractivity contribution is 0.0425. The number of methoxy groups -OCH3 is 3. The van der Waals surface area contributed by atoms with Crippen LogP contribution in [0.25, 0.3) is 0 Å². The first-order chi connectivity index (χ1) is 16.9. The molecule has 0 bridgehead atoms. The van der Waals surface area contributed by atoms with Gasteiger partial charge in [-0.3, -0.25) is 9.69 Å². The minimum atomic E-state index is -0.500. The van der Waals surface area contributed by atoms with E-state index in [1.165, 1.54) is 26.9 Å². The Labute approximate surface area is 206 Å². The van der Waals surface area contributed by atoms with Gasteiger partial charge in [-0.1, -0.05) is 30.3 Å². The number of hydrogen-bond acceptors (Lipinski definition) is 7. The van der Waals surface area contributed by atoms with E-state index in [2.05, 4.69) is 22.3 Å². The molecule has 1 heterocycles. The van der Waals surface area contributed by atoms with Crippen LogP contribution in [0.4, 0.5) is 4.79 Å². The van der Waals surface area contributed by atoms with E-state index >= 15 is 0 Å². The number of nitrogens with zero attached hydrogens (tertiary/aromatic N) is 2. The molecule has 35 heavy (non-hydrogen) atoms. The van der Waals surface area contributed by atoms with Crippen molar-refractivity contribution in [3.8, 4) is 17.2 Å². The Morgan fingerprint density at radius 1 is 1.00 bits per heavy atom. The molecule has 0 aromatic heterocycles. The van der Waals surface area contributed by atoms with Crippen molar-refractivity contribution in [2.75, 3.05) is 47.5 Å². The van der Waals surface area contributed by atoms with Crippen LogP contribution < -0.4 is 19.5 Å². The Kier molecular flexibility index (Phi) is 9.19. The number of benzene rings is 2. The molecule has 2 aromatic rings. The zero-order valence-electron chi connectivity index (χ0n) is 21.1. The van der Waals surface area contributed by atoms with Gasteiger partial charge in [0.15, 0.2) is 11.5 Å². The van der Waals surface area contributed by atoms with Crippen molar-refractivity contribution in [1.82, 2.24) is 15.1 Å². The molecule has 0 radical (unpaired) electrons. The molecule has 1 atom stereocenters. The third-order valence-corrected chi connectivity index (χ3v) is 5.81. The molecule has 9 heteroatoms. The number of carbonyl (C=O) groups excluding carboxylic acids is 2. The molecule has 190 valence electrons. The van der Waals surface area contributed by atoms with Crippen LogP contribution >= 0.6 is 0 Å². The fourth-order valence-electron chi connectivity index (χ4n) is 4.17. The third-order valence-electron chi connectivity index (χ3n) is 5.81. The molecule has 2 aromatic carbocycles. The van der Waals surface area contributed by atoms with Gasteiger partial charge in [0, 0.05) is 38.3 Å². The van der Waals surface area contributed by atoms with Gasteiger partial charge < -0.3 is 29.2 Å². The molecule has 9 nitrogen and oxygen atoms in total. The Balaban J connectivity index is 1.82. The van der Waals surface area contributed by atoms with Crippen molar-refractivity contribution < 1.29 is 28.5 Å². The number of carbonyl (C=O) groups is 2. The summed E-state index contributed by atoms with van der Waals surface area (Å²) in [5.74, 6) is 1.07. The lowest BCUT2D eigenvalue weighted by atomic mass is 10.1. The van der Waals surface area contributed by atoms with Gasteiger partial charge in [0.2, 0.25) is 5.75 Å². The maximum absolute atomic E-state index is 13.6. The Morgan fingerprint density at radius 2 is 1.66 bits per heavy atom. The standard InChI is InChI=1S/C26H35N3O6/c1-18(2)35-26(31)27-15-21-17-28(16-19-9-7-6-8-10-19)11-12-29(21)25(30)20-13-22(32-3)24(34-5)23(14-20)33-4/h6-10,13-14,18,21H,11-12,15-17H2,1-5H3,(H,27,31). The summed E-state index contributed by atoms with van der Waals surface area (Å²) in [6.45, 7) is 6.44. The van der Waals surface area contributed by atoms with E-state index in [4.69, 9.17) is 18.9 Å². The summed E-state index contributed by atoms with van der Waals surface area (Å²) >= 11 is 0. The molecule has 0 spiro atoms. The average Bonchev–Trinajstić information content (AvgIpc) is 2.86. The lowest BCUT2D eigenvalue weighted by Crippen LogP contribution is -2.58. The summed E-state index contributed by atoms with van der Waals surface area (Å²) in [6, 6.07) is 13.2. The van der Waals surface area contributed by atoms with Crippen molar-refractivity contribution in [3.63, 3.8) is 0 Å². The molecule has 1 aliphatic rings. The highest BCUT2D eigenvalue weighted by molar-refractivity contribution is 5.96. The van der Waals surface area contributed by atoms with Crippen LogP contribution in [0.1, 0.15) is 29.8 Å². The fourth-order valence-corrected chi connectivity index (χ4v) is 4.17. The summed E-state index contributed by atoms with van der Waals surface area (Å²) in [7, 11) is 4.55. The summed E-state index contributed by atoms with van der Waals surface area (Å²) in [6.07, 6.45) is -0.728. The number of nitrogens with one attached hydrogen (secondary N) is 1. The van der Waals surface area contributed by atoms with Crippen molar-refractivity contribution in [2.24, 2.45) is 0 Å². The summed E-state index contributed by atoms with van der Waals surface area (Å²) in [5.41, 5.74) is 1.62. The Hall–Kier alpha value is -3.46. The van der Waals surface area contributed by atoms with Gasteiger partial charge in [0.25, 0.3) is 5.91 Å². The second-order valence-electron chi connectivity index (χ2n) is 8.62. The van der Waals surface area contributed by atoms with E-state index in [1.807, 2.05) is 18.2 Å². The van der Waals surface area contributed by atoms with Gasteiger partial charge in [-0.05, 0) is 31.5 Å². The van der Waals surface area contributed by atoms with E-state index in [0.717, 1.165) is 6.54 Å². The fraction of sp³-hybridized carbons (Fsp3) is 0.462. The van der Waals surface area contributed by atoms with Gasteiger partial charge >= 0.3 is 6.09 Å². The predicted octanol–water partition coefficient (Wildman–Crippen LogP) is 3.17. The van der Waals surface area contributed by atoms with Gasteiger partial charge in [-0.2, -0.15) is 0 Å². The largest absolute Gasteiger partial charge is 0.493 e. The zero-order chi connectivity index (χ0) is 25.4. The van der Waals surface area contributed by atoms with Crippen LogP contribution in [-0.4, -0.2) is 81.5 Å². The number of piperazine rings is 1. The quantitative estimate of drug-likeness (QED) is 0.584. The molecule has 1 saturated heterocycles. The molecule has 3 rings (SSSR count). The maximum Gasteiger partial charge on any atom is 0.407 e. The third kappa shape index (κ3) is 6.79. The number of amides is 2. The molecule has 1 N–H and O–H groups in total. The first-order valence-electron chi connectivity index (χ1n) is 11.7. The summed E-state index contributed by atoms with van der Waals surface area (Å²) in [4.78, 5) is 29.9. The number of hydrogen-bond donors (Lipinski definition) is 1. The van der Waals surface area contributed by atoms with Crippen LogP contribution in [0, 0.1) is 0 Å². The molecular formula is C26H35N3O6. The number of ether oxygens (including phenoxy) is 4.